The summed E-state index contributed by atoms with van der Waals surface area (Å²) in [7, 11) is -2.66. The molecule has 1 atom stereocenters. The molecule has 0 aliphatic heterocycles. The lowest BCUT2D eigenvalue weighted by atomic mass is 10.0. The van der Waals surface area contributed by atoms with Gasteiger partial charge in [0.05, 0.1) is 0 Å². The summed E-state index contributed by atoms with van der Waals surface area (Å²) >= 11 is 0. The van der Waals surface area contributed by atoms with Crippen molar-refractivity contribution in [2.24, 2.45) is 0 Å². The predicted octanol–water partition coefficient (Wildman–Crippen LogP) is 3.24. The van der Waals surface area contributed by atoms with E-state index in [0.717, 1.165) is 35.8 Å². The fourth-order valence-corrected chi connectivity index (χ4v) is 5.34. The van der Waals surface area contributed by atoms with Crippen LogP contribution < -0.4 is 0 Å². The van der Waals surface area contributed by atoms with Crippen molar-refractivity contribution in [3.63, 3.8) is 0 Å². The first-order valence-corrected chi connectivity index (χ1v) is 10.4. The zero-order valence-corrected chi connectivity index (χ0v) is 15.3. The lowest BCUT2D eigenvalue weighted by Gasteiger charge is -2.10. The summed E-state index contributed by atoms with van der Waals surface area (Å²) in [6, 6.07) is 4.97. The zero-order chi connectivity index (χ0) is 15.1. The number of carbonyl (C=O) groups is 1. The second-order valence-corrected chi connectivity index (χ2v) is 8.50. The number of hydrogen-bond donors (Lipinski definition) is 0. The molecular formula is C15H25O3PSi. The number of carbonyl (C=O) groups excluding carboxylic acids is 1. The highest BCUT2D eigenvalue weighted by Gasteiger charge is 2.18. The first-order valence-electron chi connectivity index (χ1n) is 7.20. The van der Waals surface area contributed by atoms with Crippen LogP contribution in [0.15, 0.2) is 12.1 Å². The Morgan fingerprint density at radius 2 is 1.85 bits per heavy atom. The first kappa shape index (κ1) is 17.3. The minimum atomic E-state index is -2.19. The van der Waals surface area contributed by atoms with Crippen LogP contribution in [0.4, 0.5) is 0 Å². The Balaban J connectivity index is 2.64. The third-order valence-corrected chi connectivity index (χ3v) is 6.35. The van der Waals surface area contributed by atoms with E-state index in [9.17, 15) is 9.36 Å². The molecule has 1 aromatic carbocycles. The van der Waals surface area contributed by atoms with Crippen LogP contribution in [0.5, 0.6) is 0 Å². The first-order chi connectivity index (χ1) is 9.47. The SMILES string of the molecule is CCO[SiH2]CCC[PH](=O)C(=O)c1c(C)cc(C)cc1C. The van der Waals surface area contributed by atoms with Gasteiger partial charge in [-0.15, -0.1) is 0 Å². The third kappa shape index (κ3) is 5.00. The molecule has 0 amide bonds. The van der Waals surface area contributed by atoms with Crippen molar-refractivity contribution in [1.29, 1.82) is 0 Å². The highest BCUT2D eigenvalue weighted by Crippen LogP contribution is 2.31. The summed E-state index contributed by atoms with van der Waals surface area (Å²) in [6.45, 7) is 8.61. The van der Waals surface area contributed by atoms with E-state index >= 15 is 0 Å². The van der Waals surface area contributed by atoms with Gasteiger partial charge in [-0.05, 0) is 51.3 Å². The van der Waals surface area contributed by atoms with E-state index in [4.69, 9.17) is 4.43 Å². The lowest BCUT2D eigenvalue weighted by molar-refractivity contribution is 0.107. The molecular weight excluding hydrogens is 287 g/mol. The Hall–Kier alpha value is -0.703. The molecule has 0 aromatic heterocycles. The van der Waals surface area contributed by atoms with Crippen molar-refractivity contribution in [3.05, 3.63) is 34.4 Å². The van der Waals surface area contributed by atoms with Crippen LogP contribution in [0, 0.1) is 20.8 Å². The monoisotopic (exact) mass is 312 g/mol. The molecule has 0 aliphatic carbocycles. The Morgan fingerprint density at radius 3 is 2.40 bits per heavy atom. The highest BCUT2D eigenvalue weighted by molar-refractivity contribution is 7.64. The molecule has 1 aromatic rings. The van der Waals surface area contributed by atoms with Crippen molar-refractivity contribution in [2.75, 3.05) is 12.8 Å². The third-order valence-electron chi connectivity index (χ3n) is 3.30. The molecule has 0 bridgehead atoms. The standard InChI is InChI=1S/C15H25O3PSi/c1-5-18-20-8-6-7-19(17)15(16)14-12(3)9-11(2)10-13(14)4/h9-10,19H,5-8,20H2,1-4H3. The van der Waals surface area contributed by atoms with Crippen LogP contribution in [-0.4, -0.2) is 28.1 Å². The molecule has 0 N–H and O–H groups in total. The fourth-order valence-electron chi connectivity index (χ4n) is 2.43. The van der Waals surface area contributed by atoms with Crippen LogP contribution in [0.3, 0.4) is 0 Å². The molecule has 0 radical (unpaired) electrons. The van der Waals surface area contributed by atoms with Gasteiger partial charge < -0.3 is 8.99 Å². The fraction of sp³-hybridized carbons (Fsp3) is 0.533. The minimum Gasteiger partial charge on any atom is -0.424 e. The van der Waals surface area contributed by atoms with Gasteiger partial charge in [0.25, 0.3) is 0 Å². The van der Waals surface area contributed by atoms with Crippen LogP contribution in [0.1, 0.15) is 40.4 Å². The predicted molar refractivity (Wildman–Crippen MR) is 88.4 cm³/mol. The second-order valence-electron chi connectivity index (χ2n) is 5.18. The molecule has 112 valence electrons. The Bertz CT molecular complexity index is 477. The van der Waals surface area contributed by atoms with E-state index in [1.54, 1.807) is 0 Å². The van der Waals surface area contributed by atoms with E-state index in [1.165, 1.54) is 0 Å². The molecule has 0 fully saturated rings. The highest BCUT2D eigenvalue weighted by atomic mass is 31.1. The second kappa shape index (κ2) is 8.55. The largest absolute Gasteiger partial charge is 0.424 e. The molecule has 0 saturated carbocycles. The topological polar surface area (TPSA) is 43.4 Å². The van der Waals surface area contributed by atoms with E-state index in [2.05, 4.69) is 0 Å². The molecule has 20 heavy (non-hydrogen) atoms. The van der Waals surface area contributed by atoms with Crippen LogP contribution in [0.2, 0.25) is 6.04 Å². The van der Waals surface area contributed by atoms with Crippen LogP contribution in [-0.2, 0) is 8.99 Å². The van der Waals surface area contributed by atoms with Crippen molar-refractivity contribution >= 4 is 23.1 Å². The van der Waals surface area contributed by atoms with Crippen LogP contribution >= 0.6 is 7.80 Å². The number of benzene rings is 1. The Kier molecular flexibility index (Phi) is 7.42. The molecule has 0 aliphatic rings. The quantitative estimate of drug-likeness (QED) is 0.420. The molecule has 0 spiro atoms. The summed E-state index contributed by atoms with van der Waals surface area (Å²) in [6.07, 6.45) is 1.37. The lowest BCUT2D eigenvalue weighted by Crippen LogP contribution is -2.03. The van der Waals surface area contributed by atoms with Gasteiger partial charge >= 0.3 is 0 Å². The number of hydrogen-bond acceptors (Lipinski definition) is 3. The summed E-state index contributed by atoms with van der Waals surface area (Å²) in [5, 5.41) is 0. The molecule has 3 nitrogen and oxygen atoms in total. The summed E-state index contributed by atoms with van der Waals surface area (Å²) in [5.41, 5.74) is 3.53. The maximum Gasteiger partial charge on any atom is 0.219 e. The minimum absolute atomic E-state index is 0.150. The van der Waals surface area contributed by atoms with Crippen molar-refractivity contribution in [2.45, 2.75) is 40.2 Å². The van der Waals surface area contributed by atoms with Gasteiger partial charge in [-0.25, -0.2) is 0 Å². The van der Waals surface area contributed by atoms with Crippen LogP contribution in [0.25, 0.3) is 0 Å². The van der Waals surface area contributed by atoms with E-state index in [1.807, 2.05) is 39.8 Å². The number of aryl methyl sites for hydroxylation is 3. The average molecular weight is 312 g/mol. The van der Waals surface area contributed by atoms with Gasteiger partial charge in [0, 0.05) is 18.3 Å². The normalized spacial score (nSPS) is 13.0. The Labute approximate surface area is 124 Å². The van der Waals surface area contributed by atoms with Gasteiger partial charge in [-0.1, -0.05) is 17.7 Å². The molecule has 0 heterocycles. The molecule has 5 heteroatoms. The molecule has 1 unspecified atom stereocenters. The van der Waals surface area contributed by atoms with Crippen molar-refractivity contribution < 1.29 is 13.8 Å². The summed E-state index contributed by atoms with van der Waals surface area (Å²) in [4.78, 5) is 12.3. The Morgan fingerprint density at radius 1 is 1.25 bits per heavy atom. The smallest absolute Gasteiger partial charge is 0.219 e. The van der Waals surface area contributed by atoms with Gasteiger partial charge in [0.2, 0.25) is 5.52 Å². The average Bonchev–Trinajstić information content (AvgIpc) is 2.36. The maximum atomic E-state index is 12.3. The molecule has 0 saturated heterocycles. The van der Waals surface area contributed by atoms with Gasteiger partial charge in [0.1, 0.15) is 7.80 Å². The molecule has 1 rings (SSSR count). The van der Waals surface area contributed by atoms with Crippen molar-refractivity contribution in [1.82, 2.24) is 0 Å². The van der Waals surface area contributed by atoms with E-state index < -0.39 is 17.6 Å². The summed E-state index contributed by atoms with van der Waals surface area (Å²) < 4.78 is 17.6. The zero-order valence-electron chi connectivity index (χ0n) is 12.9. The van der Waals surface area contributed by atoms with E-state index in [0.29, 0.717) is 11.7 Å². The van der Waals surface area contributed by atoms with Crippen molar-refractivity contribution in [3.8, 4) is 0 Å². The number of rotatable bonds is 8. The van der Waals surface area contributed by atoms with Gasteiger partial charge in [0.15, 0.2) is 9.76 Å². The van der Waals surface area contributed by atoms with E-state index in [-0.39, 0.29) is 5.52 Å². The van der Waals surface area contributed by atoms with Gasteiger partial charge in [-0.3, -0.25) is 4.79 Å². The maximum absolute atomic E-state index is 12.3. The summed E-state index contributed by atoms with van der Waals surface area (Å²) in [5.74, 6) is 0. The van der Waals surface area contributed by atoms with Gasteiger partial charge in [-0.2, -0.15) is 0 Å².